The summed E-state index contributed by atoms with van der Waals surface area (Å²) in [5, 5.41) is 11.7. The normalized spacial score (nSPS) is 14.4. The number of benzene rings is 1. The molecule has 0 amide bonds. The van der Waals surface area contributed by atoms with Gasteiger partial charge in [0.1, 0.15) is 5.01 Å². The topological polar surface area (TPSA) is 84.0 Å². The maximum atomic E-state index is 12.2. The zero-order chi connectivity index (χ0) is 13.5. The number of hydrogen-bond donors (Lipinski definition) is 2. The molecule has 0 unspecified atom stereocenters. The van der Waals surface area contributed by atoms with Crippen LogP contribution in [0.1, 0.15) is 16.1 Å². The third-order valence-electron chi connectivity index (χ3n) is 2.87. The summed E-state index contributed by atoms with van der Waals surface area (Å²) in [6.07, 6.45) is 0. The molecule has 2 N–H and O–H groups in total. The molecule has 0 saturated carbocycles. The molecular formula is C11H12N4O2S2. The summed E-state index contributed by atoms with van der Waals surface area (Å²) >= 11 is 1.21. The number of rotatable bonds is 3. The van der Waals surface area contributed by atoms with Crippen LogP contribution in [0.15, 0.2) is 23.1 Å². The van der Waals surface area contributed by atoms with Crippen LogP contribution in [0, 0.1) is 6.92 Å². The van der Waals surface area contributed by atoms with Crippen LogP contribution in [0.4, 0.5) is 5.13 Å². The average Bonchev–Trinajstić information content (AvgIpc) is 2.96. The van der Waals surface area contributed by atoms with Gasteiger partial charge in [0.25, 0.3) is 10.0 Å². The largest absolute Gasteiger partial charge is 0.309 e. The van der Waals surface area contributed by atoms with E-state index < -0.39 is 10.0 Å². The molecule has 1 aliphatic heterocycles. The molecule has 1 aliphatic rings. The van der Waals surface area contributed by atoms with E-state index in [-0.39, 0.29) is 10.0 Å². The molecule has 6 nitrogen and oxygen atoms in total. The first-order chi connectivity index (χ1) is 9.04. The van der Waals surface area contributed by atoms with Crippen molar-refractivity contribution >= 4 is 26.5 Å². The van der Waals surface area contributed by atoms with Crippen LogP contribution in [0.25, 0.3) is 0 Å². The summed E-state index contributed by atoms with van der Waals surface area (Å²) in [7, 11) is -3.59. The van der Waals surface area contributed by atoms with Crippen molar-refractivity contribution in [2.24, 2.45) is 0 Å². The van der Waals surface area contributed by atoms with Crippen molar-refractivity contribution in [3.63, 3.8) is 0 Å². The van der Waals surface area contributed by atoms with E-state index in [1.165, 1.54) is 11.3 Å². The van der Waals surface area contributed by atoms with Gasteiger partial charge in [0, 0.05) is 13.1 Å². The highest BCUT2D eigenvalue weighted by molar-refractivity contribution is 7.93. The van der Waals surface area contributed by atoms with Gasteiger partial charge in [0.15, 0.2) is 0 Å². The Morgan fingerprint density at radius 1 is 1.26 bits per heavy atom. The minimum absolute atomic E-state index is 0.253. The third kappa shape index (κ3) is 2.46. The van der Waals surface area contributed by atoms with Crippen molar-refractivity contribution < 1.29 is 8.42 Å². The van der Waals surface area contributed by atoms with E-state index >= 15 is 0 Å². The highest BCUT2D eigenvalue weighted by Gasteiger charge is 2.19. The van der Waals surface area contributed by atoms with Crippen LogP contribution in [0.5, 0.6) is 0 Å². The zero-order valence-corrected chi connectivity index (χ0v) is 11.8. The first-order valence-electron chi connectivity index (χ1n) is 5.70. The van der Waals surface area contributed by atoms with E-state index in [0.717, 1.165) is 22.7 Å². The number of nitrogens with one attached hydrogen (secondary N) is 2. The Morgan fingerprint density at radius 2 is 2.05 bits per heavy atom. The van der Waals surface area contributed by atoms with Gasteiger partial charge >= 0.3 is 0 Å². The maximum Gasteiger partial charge on any atom is 0.263 e. The lowest BCUT2D eigenvalue weighted by Gasteiger charge is -2.06. The first kappa shape index (κ1) is 12.5. The average molecular weight is 296 g/mol. The van der Waals surface area contributed by atoms with Gasteiger partial charge in [-0.05, 0) is 30.2 Å². The zero-order valence-electron chi connectivity index (χ0n) is 10.2. The second-order valence-corrected chi connectivity index (χ2v) is 7.13. The van der Waals surface area contributed by atoms with E-state index in [1.54, 1.807) is 19.1 Å². The van der Waals surface area contributed by atoms with Gasteiger partial charge in [-0.3, -0.25) is 4.72 Å². The van der Waals surface area contributed by atoms with Crippen LogP contribution < -0.4 is 10.0 Å². The fourth-order valence-electron chi connectivity index (χ4n) is 1.95. The molecule has 19 heavy (non-hydrogen) atoms. The predicted molar refractivity (Wildman–Crippen MR) is 72.4 cm³/mol. The summed E-state index contributed by atoms with van der Waals surface area (Å²) in [4.78, 5) is 0.253. The molecule has 0 saturated heterocycles. The summed E-state index contributed by atoms with van der Waals surface area (Å²) in [6, 6.07) is 5.16. The van der Waals surface area contributed by atoms with Crippen molar-refractivity contribution in [3.05, 3.63) is 34.3 Å². The Bertz CT molecular complexity index is 724. The third-order valence-corrected chi connectivity index (χ3v) is 5.09. The monoisotopic (exact) mass is 296 g/mol. The van der Waals surface area contributed by atoms with Crippen LogP contribution in [-0.4, -0.2) is 18.6 Å². The second-order valence-electron chi connectivity index (χ2n) is 4.27. The highest BCUT2D eigenvalue weighted by Crippen LogP contribution is 2.23. The number of anilines is 1. The minimum Gasteiger partial charge on any atom is -0.309 e. The van der Waals surface area contributed by atoms with Gasteiger partial charge in [0.05, 0.1) is 4.90 Å². The van der Waals surface area contributed by atoms with Crippen molar-refractivity contribution in [1.82, 2.24) is 15.5 Å². The molecule has 100 valence electrons. The molecule has 2 heterocycles. The van der Waals surface area contributed by atoms with Crippen molar-refractivity contribution in [2.75, 3.05) is 4.72 Å². The lowest BCUT2D eigenvalue weighted by molar-refractivity contribution is 0.601. The van der Waals surface area contributed by atoms with Gasteiger partial charge in [-0.2, -0.15) is 0 Å². The van der Waals surface area contributed by atoms with Crippen molar-refractivity contribution in [2.45, 2.75) is 24.9 Å². The smallest absolute Gasteiger partial charge is 0.263 e. The van der Waals surface area contributed by atoms with Gasteiger partial charge in [0.2, 0.25) is 5.13 Å². The quantitative estimate of drug-likeness (QED) is 0.890. The van der Waals surface area contributed by atoms with E-state index in [2.05, 4.69) is 20.2 Å². The molecule has 3 rings (SSSR count). The lowest BCUT2D eigenvalue weighted by Crippen LogP contribution is -2.13. The molecule has 1 aromatic heterocycles. The van der Waals surface area contributed by atoms with Gasteiger partial charge < -0.3 is 5.32 Å². The van der Waals surface area contributed by atoms with E-state index in [0.29, 0.717) is 6.54 Å². The number of aryl methyl sites for hydroxylation is 1. The number of hydrogen-bond acceptors (Lipinski definition) is 6. The number of sulfonamides is 1. The summed E-state index contributed by atoms with van der Waals surface area (Å²) in [5.41, 5.74) is 2.17. The van der Waals surface area contributed by atoms with E-state index in [4.69, 9.17) is 0 Å². The fraction of sp³-hybridized carbons (Fsp3) is 0.273. The van der Waals surface area contributed by atoms with Crippen LogP contribution in [0.3, 0.4) is 0 Å². The molecule has 2 aromatic rings. The standard InChI is InChI=1S/C11H12N4O2S2/c1-7-13-14-11(18-7)15-19(16,17)10-3-2-8-5-12-6-9(8)4-10/h2-4,12H,5-6H2,1H3,(H,14,15). The first-order valence-corrected chi connectivity index (χ1v) is 8.00. The van der Waals surface area contributed by atoms with Crippen molar-refractivity contribution in [1.29, 1.82) is 0 Å². The van der Waals surface area contributed by atoms with Crippen LogP contribution in [-0.2, 0) is 23.1 Å². The molecule has 0 radical (unpaired) electrons. The molecule has 8 heteroatoms. The molecule has 0 fully saturated rings. The molecule has 0 bridgehead atoms. The van der Waals surface area contributed by atoms with Crippen molar-refractivity contribution in [3.8, 4) is 0 Å². The minimum atomic E-state index is -3.59. The Hall–Kier alpha value is -1.51. The second kappa shape index (κ2) is 4.55. The SMILES string of the molecule is Cc1nnc(NS(=O)(=O)c2ccc3c(c2)CNC3)s1. The highest BCUT2D eigenvalue weighted by atomic mass is 32.2. The summed E-state index contributed by atoms with van der Waals surface area (Å²) < 4.78 is 26.9. The molecule has 0 atom stereocenters. The van der Waals surface area contributed by atoms with E-state index in [9.17, 15) is 8.42 Å². The number of nitrogens with zero attached hydrogens (tertiary/aromatic N) is 2. The Kier molecular flexibility index (Phi) is 3.00. The van der Waals surface area contributed by atoms with Crippen LogP contribution >= 0.6 is 11.3 Å². The predicted octanol–water partition coefficient (Wildman–Crippen LogP) is 1.25. The molecule has 0 aliphatic carbocycles. The summed E-state index contributed by atoms with van der Waals surface area (Å²) in [5.74, 6) is 0. The van der Waals surface area contributed by atoms with Gasteiger partial charge in [-0.25, -0.2) is 8.42 Å². The van der Waals surface area contributed by atoms with E-state index in [1.807, 2.05) is 6.07 Å². The van der Waals surface area contributed by atoms with Crippen LogP contribution in [0.2, 0.25) is 0 Å². The molecular weight excluding hydrogens is 284 g/mol. The molecule has 1 aromatic carbocycles. The molecule has 0 spiro atoms. The maximum absolute atomic E-state index is 12.2. The van der Waals surface area contributed by atoms with Gasteiger partial charge in [-0.1, -0.05) is 17.4 Å². The summed E-state index contributed by atoms with van der Waals surface area (Å²) in [6.45, 7) is 3.27. The Labute approximate surface area is 114 Å². The number of fused-ring (bicyclic) bond motifs is 1. The Morgan fingerprint density at radius 3 is 2.79 bits per heavy atom. The lowest BCUT2D eigenvalue weighted by atomic mass is 10.1. The van der Waals surface area contributed by atoms with Gasteiger partial charge in [-0.15, -0.1) is 10.2 Å². The number of aromatic nitrogens is 2. The fourth-order valence-corrected chi connectivity index (χ4v) is 3.82. The Balaban J connectivity index is 1.92.